The number of carbonyl (C=O) groups is 1. The van der Waals surface area contributed by atoms with Crippen LogP contribution < -0.4 is 0 Å². The van der Waals surface area contributed by atoms with E-state index in [9.17, 15) is 4.79 Å². The number of halogens is 1. The van der Waals surface area contributed by atoms with E-state index in [1.165, 1.54) is 12.5 Å². The van der Waals surface area contributed by atoms with Gasteiger partial charge in [-0.25, -0.2) is 0 Å². The van der Waals surface area contributed by atoms with Crippen LogP contribution in [0, 0.1) is 0 Å². The van der Waals surface area contributed by atoms with Crippen molar-refractivity contribution in [3.63, 3.8) is 0 Å². The number of carbonyl (C=O) groups excluding carboxylic acids is 1. The summed E-state index contributed by atoms with van der Waals surface area (Å²) in [5.74, 6) is 0. The molecule has 1 atom stereocenters. The molecule has 2 aliphatic rings. The van der Waals surface area contributed by atoms with Crippen molar-refractivity contribution in [2.45, 2.75) is 24.9 Å². The molecule has 86 valence electrons. The highest BCUT2D eigenvalue weighted by Crippen LogP contribution is 2.30. The van der Waals surface area contributed by atoms with E-state index in [0.717, 1.165) is 18.4 Å². The summed E-state index contributed by atoms with van der Waals surface area (Å²) in [6.07, 6.45) is 11.3. The highest BCUT2D eigenvalue weighted by atomic mass is 35.5. The van der Waals surface area contributed by atoms with Crippen molar-refractivity contribution in [1.29, 1.82) is 0 Å². The van der Waals surface area contributed by atoms with Crippen molar-refractivity contribution >= 4 is 16.8 Å². The summed E-state index contributed by atoms with van der Waals surface area (Å²) in [5, 5.41) is -0.507. The summed E-state index contributed by atoms with van der Waals surface area (Å²) < 4.78 is 10.5. The Kier molecular flexibility index (Phi) is 3.34. The van der Waals surface area contributed by atoms with Gasteiger partial charge < -0.3 is 9.47 Å². The third-order valence-corrected chi connectivity index (χ3v) is 3.08. The lowest BCUT2D eigenvalue weighted by Crippen LogP contribution is -2.44. The monoisotopic (exact) mass is 240 g/mol. The Labute approximate surface area is 99.4 Å². The molecule has 3 nitrogen and oxygen atoms in total. The Hall–Kier alpha value is -1.22. The molecule has 0 N–H and O–H groups in total. The molecule has 1 aliphatic carbocycles. The summed E-state index contributed by atoms with van der Waals surface area (Å²) >= 11 is 5.61. The summed E-state index contributed by atoms with van der Waals surface area (Å²) in [6.45, 7) is 0.173. The van der Waals surface area contributed by atoms with Gasteiger partial charge in [-0.15, -0.1) is 0 Å². The van der Waals surface area contributed by atoms with Crippen molar-refractivity contribution in [2.24, 2.45) is 0 Å². The number of allylic oxidation sites excluding steroid dienone is 3. The van der Waals surface area contributed by atoms with Crippen molar-refractivity contribution < 1.29 is 14.3 Å². The summed E-state index contributed by atoms with van der Waals surface area (Å²) in [5.41, 5.74) is 0.114. The molecule has 0 fully saturated rings. The van der Waals surface area contributed by atoms with Crippen molar-refractivity contribution in [3.8, 4) is 0 Å². The minimum absolute atomic E-state index is 0.173. The average Bonchev–Trinajstić information content (AvgIpc) is 2.31. The van der Waals surface area contributed by atoms with Gasteiger partial charge in [0.2, 0.25) is 5.60 Å². The molecule has 0 aromatic carbocycles. The van der Waals surface area contributed by atoms with E-state index in [4.69, 9.17) is 21.1 Å². The lowest BCUT2D eigenvalue weighted by molar-refractivity contribution is -0.137. The van der Waals surface area contributed by atoms with Crippen LogP contribution in [0.15, 0.2) is 36.3 Å². The molecule has 2 rings (SSSR count). The third kappa shape index (κ3) is 2.30. The quantitative estimate of drug-likeness (QED) is 0.712. The Bertz CT molecular complexity index is 370. The van der Waals surface area contributed by atoms with Gasteiger partial charge in [0.15, 0.2) is 0 Å². The van der Waals surface area contributed by atoms with Crippen LogP contribution in [0.2, 0.25) is 0 Å². The minimum atomic E-state index is -1.05. The van der Waals surface area contributed by atoms with Crippen LogP contribution in [0.3, 0.4) is 0 Å². The molecule has 1 heterocycles. The number of hydrogen-bond acceptors (Lipinski definition) is 3. The Morgan fingerprint density at radius 2 is 2.38 bits per heavy atom. The number of hydrogen-bond donors (Lipinski definition) is 0. The lowest BCUT2D eigenvalue weighted by atomic mass is 9.91. The molecule has 0 bridgehead atoms. The fourth-order valence-electron chi connectivity index (χ4n) is 1.85. The van der Waals surface area contributed by atoms with Gasteiger partial charge >= 0.3 is 0 Å². The number of ether oxygens (including phenoxy) is 2. The van der Waals surface area contributed by atoms with Crippen molar-refractivity contribution in [1.82, 2.24) is 0 Å². The van der Waals surface area contributed by atoms with Gasteiger partial charge in [-0.1, -0.05) is 23.8 Å². The highest BCUT2D eigenvalue weighted by Gasteiger charge is 2.41. The van der Waals surface area contributed by atoms with E-state index in [1.54, 1.807) is 0 Å². The van der Waals surface area contributed by atoms with Crippen molar-refractivity contribution in [3.05, 3.63) is 36.3 Å². The topological polar surface area (TPSA) is 35.5 Å². The Morgan fingerprint density at radius 3 is 2.94 bits per heavy atom. The van der Waals surface area contributed by atoms with Crippen LogP contribution in [0.4, 0.5) is 0 Å². The minimum Gasteiger partial charge on any atom is -0.493 e. The van der Waals surface area contributed by atoms with Crippen LogP contribution in [-0.2, 0) is 14.3 Å². The normalized spacial score (nSPS) is 27.9. The molecule has 0 saturated carbocycles. The van der Waals surface area contributed by atoms with Gasteiger partial charge in [-0.05, 0) is 24.4 Å². The molecule has 1 aliphatic heterocycles. The van der Waals surface area contributed by atoms with Crippen LogP contribution in [0.5, 0.6) is 0 Å². The first-order valence-corrected chi connectivity index (χ1v) is 5.60. The van der Waals surface area contributed by atoms with Crippen LogP contribution in [0.1, 0.15) is 19.3 Å². The maximum Gasteiger partial charge on any atom is 0.269 e. The second-order valence-corrected chi connectivity index (χ2v) is 4.28. The third-order valence-electron chi connectivity index (χ3n) is 2.73. The predicted octanol–water partition coefficient (Wildman–Crippen LogP) is 2.68. The zero-order valence-electron chi connectivity index (χ0n) is 8.82. The van der Waals surface area contributed by atoms with Gasteiger partial charge in [-0.2, -0.15) is 0 Å². The zero-order chi connectivity index (χ0) is 11.4. The fourth-order valence-corrected chi connectivity index (χ4v) is 2.01. The molecule has 0 radical (unpaired) electrons. The van der Waals surface area contributed by atoms with Gasteiger partial charge in [0.1, 0.15) is 19.1 Å². The second-order valence-electron chi connectivity index (χ2n) is 3.94. The molecule has 0 spiro atoms. The van der Waals surface area contributed by atoms with Gasteiger partial charge in [0.05, 0.1) is 0 Å². The SMILES string of the molecule is O=C(Cl)C1(CC2=CC=CCC2)COC=CO1. The zero-order valence-corrected chi connectivity index (χ0v) is 9.57. The van der Waals surface area contributed by atoms with Crippen LogP contribution in [0.25, 0.3) is 0 Å². The van der Waals surface area contributed by atoms with Gasteiger partial charge in [-0.3, -0.25) is 4.79 Å². The van der Waals surface area contributed by atoms with E-state index in [-0.39, 0.29) is 6.61 Å². The first-order valence-electron chi connectivity index (χ1n) is 5.22. The van der Waals surface area contributed by atoms with Crippen LogP contribution in [-0.4, -0.2) is 17.5 Å². The van der Waals surface area contributed by atoms with Crippen LogP contribution >= 0.6 is 11.6 Å². The molecule has 1 unspecified atom stereocenters. The standard InChI is InChI=1S/C12H13ClO3/c13-11(14)12(9-15-6-7-16-12)8-10-4-2-1-3-5-10/h1-2,4,6-7H,3,5,8-9H2. The summed E-state index contributed by atoms with van der Waals surface area (Å²) in [7, 11) is 0. The lowest BCUT2D eigenvalue weighted by Gasteiger charge is -2.32. The highest BCUT2D eigenvalue weighted by molar-refractivity contribution is 6.65. The first-order chi connectivity index (χ1) is 7.73. The second kappa shape index (κ2) is 4.74. The first kappa shape index (κ1) is 11.3. The van der Waals surface area contributed by atoms with E-state index < -0.39 is 10.8 Å². The molecule has 4 heteroatoms. The molecule has 16 heavy (non-hydrogen) atoms. The van der Waals surface area contributed by atoms with E-state index in [2.05, 4.69) is 6.08 Å². The molecule has 0 aromatic heterocycles. The maximum absolute atomic E-state index is 11.5. The Balaban J connectivity index is 2.14. The average molecular weight is 241 g/mol. The molecule has 0 saturated heterocycles. The Morgan fingerprint density at radius 1 is 1.50 bits per heavy atom. The van der Waals surface area contributed by atoms with Gasteiger partial charge in [0.25, 0.3) is 5.24 Å². The molecular weight excluding hydrogens is 228 g/mol. The molecule has 0 amide bonds. The summed E-state index contributed by atoms with van der Waals surface area (Å²) in [6, 6.07) is 0. The van der Waals surface area contributed by atoms with Crippen molar-refractivity contribution in [2.75, 3.05) is 6.61 Å². The van der Waals surface area contributed by atoms with Gasteiger partial charge in [0, 0.05) is 6.42 Å². The smallest absolute Gasteiger partial charge is 0.269 e. The number of rotatable bonds is 3. The maximum atomic E-state index is 11.5. The van der Waals surface area contributed by atoms with E-state index >= 15 is 0 Å². The van der Waals surface area contributed by atoms with E-state index in [1.807, 2.05) is 12.2 Å². The molecule has 0 aromatic rings. The van der Waals surface area contributed by atoms with E-state index in [0.29, 0.717) is 6.42 Å². The molecular formula is C12H13ClO3. The predicted molar refractivity (Wildman–Crippen MR) is 60.8 cm³/mol. The largest absolute Gasteiger partial charge is 0.493 e. The summed E-state index contributed by atoms with van der Waals surface area (Å²) in [4.78, 5) is 11.5. The fraction of sp³-hybridized carbons (Fsp3) is 0.417.